The highest BCUT2D eigenvalue weighted by molar-refractivity contribution is 5.59. The molecule has 1 aromatic carbocycles. The molecule has 0 radical (unpaired) electrons. The molecule has 1 aromatic heterocycles. The maximum absolute atomic E-state index is 13.2. The van der Waals surface area contributed by atoms with Crippen LogP contribution in [0, 0.1) is 5.82 Å². The van der Waals surface area contributed by atoms with E-state index >= 15 is 0 Å². The van der Waals surface area contributed by atoms with Gasteiger partial charge in [0.05, 0.1) is 7.11 Å². The molecule has 5 nitrogen and oxygen atoms in total. The average molecular weight is 248 g/mol. The van der Waals surface area contributed by atoms with Gasteiger partial charge in [0.2, 0.25) is 5.95 Å². The van der Waals surface area contributed by atoms with Crippen LogP contribution in [-0.2, 0) is 0 Å². The predicted octanol–water partition coefficient (Wildman–Crippen LogP) is 2.41. The van der Waals surface area contributed by atoms with E-state index in [1.165, 1.54) is 13.2 Å². The third-order valence-corrected chi connectivity index (χ3v) is 2.30. The smallest absolute Gasteiger partial charge is 0.224 e. The fraction of sp³-hybridized carbons (Fsp3) is 0.167. The van der Waals surface area contributed by atoms with Gasteiger partial charge >= 0.3 is 0 Å². The largest absolute Gasteiger partial charge is 0.494 e. The first-order chi connectivity index (χ1) is 8.72. The van der Waals surface area contributed by atoms with Gasteiger partial charge in [-0.15, -0.1) is 0 Å². The normalized spacial score (nSPS) is 9.94. The highest BCUT2D eigenvalue weighted by Crippen LogP contribution is 2.23. The average Bonchev–Trinajstić information content (AvgIpc) is 2.41. The van der Waals surface area contributed by atoms with Crippen molar-refractivity contribution in [2.24, 2.45) is 0 Å². The van der Waals surface area contributed by atoms with Gasteiger partial charge in [-0.2, -0.15) is 4.98 Å². The molecule has 0 spiro atoms. The summed E-state index contributed by atoms with van der Waals surface area (Å²) in [5.41, 5.74) is 0.689. The Labute approximate surface area is 104 Å². The molecule has 0 unspecified atom stereocenters. The van der Waals surface area contributed by atoms with Crippen molar-refractivity contribution < 1.29 is 9.13 Å². The Morgan fingerprint density at radius 1 is 1.28 bits per heavy atom. The molecular formula is C12H13FN4O. The third-order valence-electron chi connectivity index (χ3n) is 2.30. The number of ether oxygens (including phenoxy) is 1. The molecule has 0 saturated carbocycles. The van der Waals surface area contributed by atoms with Crippen molar-refractivity contribution in [1.29, 1.82) is 0 Å². The zero-order valence-electron chi connectivity index (χ0n) is 10.1. The Morgan fingerprint density at radius 2 is 2.11 bits per heavy atom. The molecule has 0 saturated heterocycles. The van der Waals surface area contributed by atoms with Crippen molar-refractivity contribution in [2.45, 2.75) is 0 Å². The van der Waals surface area contributed by atoms with Crippen LogP contribution in [0.4, 0.5) is 21.8 Å². The summed E-state index contributed by atoms with van der Waals surface area (Å²) in [6, 6.07) is 6.23. The maximum atomic E-state index is 13.2. The van der Waals surface area contributed by atoms with E-state index in [2.05, 4.69) is 20.6 Å². The summed E-state index contributed by atoms with van der Waals surface area (Å²) in [4.78, 5) is 8.20. The van der Waals surface area contributed by atoms with E-state index in [0.29, 0.717) is 17.5 Å². The quantitative estimate of drug-likeness (QED) is 0.870. The van der Waals surface area contributed by atoms with Crippen molar-refractivity contribution in [3.8, 4) is 5.75 Å². The Bertz CT molecular complexity index is 547. The number of anilines is 3. The fourth-order valence-corrected chi connectivity index (χ4v) is 1.43. The van der Waals surface area contributed by atoms with Gasteiger partial charge in [0.1, 0.15) is 5.82 Å². The number of benzene rings is 1. The van der Waals surface area contributed by atoms with E-state index in [4.69, 9.17) is 4.74 Å². The summed E-state index contributed by atoms with van der Waals surface area (Å²) in [7, 11) is 3.16. The first-order valence-electron chi connectivity index (χ1n) is 5.34. The lowest BCUT2D eigenvalue weighted by Crippen LogP contribution is -2.00. The second kappa shape index (κ2) is 5.31. The Hall–Kier alpha value is -2.37. The minimum Gasteiger partial charge on any atom is -0.494 e. The van der Waals surface area contributed by atoms with E-state index in [1.807, 2.05) is 0 Å². The van der Waals surface area contributed by atoms with Crippen LogP contribution in [0.15, 0.2) is 30.5 Å². The molecule has 6 heteroatoms. The Balaban J connectivity index is 2.22. The summed E-state index contributed by atoms with van der Waals surface area (Å²) in [6.07, 6.45) is 1.63. The predicted molar refractivity (Wildman–Crippen MR) is 67.8 cm³/mol. The van der Waals surface area contributed by atoms with Gasteiger partial charge < -0.3 is 15.4 Å². The second-order valence-electron chi connectivity index (χ2n) is 3.49. The SMILES string of the molecule is CNc1nccc(Nc2ccc(F)c(OC)c2)n1. The van der Waals surface area contributed by atoms with Gasteiger partial charge in [-0.05, 0) is 18.2 Å². The molecule has 2 rings (SSSR count). The lowest BCUT2D eigenvalue weighted by atomic mass is 10.3. The number of nitrogens with zero attached hydrogens (tertiary/aromatic N) is 2. The molecule has 0 fully saturated rings. The maximum Gasteiger partial charge on any atom is 0.224 e. The molecular weight excluding hydrogens is 235 g/mol. The van der Waals surface area contributed by atoms with Crippen LogP contribution in [0.1, 0.15) is 0 Å². The highest BCUT2D eigenvalue weighted by atomic mass is 19.1. The molecule has 2 N–H and O–H groups in total. The molecule has 18 heavy (non-hydrogen) atoms. The van der Waals surface area contributed by atoms with Gasteiger partial charge in [0.25, 0.3) is 0 Å². The zero-order valence-corrected chi connectivity index (χ0v) is 10.1. The lowest BCUT2D eigenvalue weighted by Gasteiger charge is -2.08. The number of hydrogen-bond acceptors (Lipinski definition) is 5. The number of nitrogens with one attached hydrogen (secondary N) is 2. The van der Waals surface area contributed by atoms with E-state index in [-0.39, 0.29) is 5.75 Å². The molecule has 94 valence electrons. The number of halogens is 1. The van der Waals surface area contributed by atoms with Crippen molar-refractivity contribution >= 4 is 17.5 Å². The van der Waals surface area contributed by atoms with Crippen LogP contribution in [0.5, 0.6) is 5.75 Å². The molecule has 0 aliphatic heterocycles. The summed E-state index contributed by atoms with van der Waals surface area (Å²) in [6.45, 7) is 0. The van der Waals surface area contributed by atoms with Crippen LogP contribution in [0.3, 0.4) is 0 Å². The summed E-state index contributed by atoms with van der Waals surface area (Å²) in [5, 5.41) is 5.88. The molecule has 0 bridgehead atoms. The lowest BCUT2D eigenvalue weighted by molar-refractivity contribution is 0.387. The zero-order chi connectivity index (χ0) is 13.0. The van der Waals surface area contributed by atoms with Crippen molar-refractivity contribution in [3.05, 3.63) is 36.3 Å². The van der Waals surface area contributed by atoms with Crippen LogP contribution in [0.2, 0.25) is 0 Å². The van der Waals surface area contributed by atoms with Crippen LogP contribution < -0.4 is 15.4 Å². The summed E-state index contributed by atoms with van der Waals surface area (Å²) >= 11 is 0. The molecule has 2 aromatic rings. The van der Waals surface area contributed by atoms with Gasteiger partial charge in [-0.1, -0.05) is 0 Å². The monoisotopic (exact) mass is 248 g/mol. The Kier molecular flexibility index (Phi) is 3.57. The number of hydrogen-bond donors (Lipinski definition) is 2. The van der Waals surface area contributed by atoms with Gasteiger partial charge in [0, 0.05) is 25.0 Å². The topological polar surface area (TPSA) is 59.1 Å². The summed E-state index contributed by atoms with van der Waals surface area (Å²) < 4.78 is 18.1. The van der Waals surface area contributed by atoms with E-state index in [1.54, 1.807) is 31.4 Å². The standard InChI is InChI=1S/C12H13FN4O/c1-14-12-15-6-5-11(17-12)16-8-3-4-9(13)10(7-8)18-2/h3-7H,1-2H3,(H2,14,15,16,17). The van der Waals surface area contributed by atoms with Crippen LogP contribution >= 0.6 is 0 Å². The van der Waals surface area contributed by atoms with E-state index in [0.717, 1.165) is 0 Å². The number of methoxy groups -OCH3 is 1. The fourth-order valence-electron chi connectivity index (χ4n) is 1.43. The van der Waals surface area contributed by atoms with E-state index in [9.17, 15) is 4.39 Å². The van der Waals surface area contributed by atoms with Crippen LogP contribution in [-0.4, -0.2) is 24.1 Å². The summed E-state index contributed by atoms with van der Waals surface area (Å²) in [5.74, 6) is 0.904. The van der Waals surface area contributed by atoms with Gasteiger partial charge in [-0.25, -0.2) is 9.37 Å². The van der Waals surface area contributed by atoms with Crippen molar-refractivity contribution in [1.82, 2.24) is 9.97 Å². The minimum absolute atomic E-state index is 0.183. The number of rotatable bonds is 4. The molecule has 0 amide bonds. The first kappa shape index (κ1) is 12.1. The van der Waals surface area contributed by atoms with Crippen molar-refractivity contribution in [2.75, 3.05) is 24.8 Å². The molecule has 0 aliphatic carbocycles. The van der Waals surface area contributed by atoms with Crippen molar-refractivity contribution in [3.63, 3.8) is 0 Å². The molecule has 0 atom stereocenters. The minimum atomic E-state index is -0.401. The highest BCUT2D eigenvalue weighted by Gasteiger charge is 2.04. The first-order valence-corrected chi connectivity index (χ1v) is 5.34. The van der Waals surface area contributed by atoms with Gasteiger partial charge in [0.15, 0.2) is 11.6 Å². The van der Waals surface area contributed by atoms with E-state index < -0.39 is 5.82 Å². The number of aromatic nitrogens is 2. The van der Waals surface area contributed by atoms with Gasteiger partial charge in [-0.3, -0.25) is 0 Å². The van der Waals surface area contributed by atoms with Crippen LogP contribution in [0.25, 0.3) is 0 Å². The Morgan fingerprint density at radius 3 is 2.83 bits per heavy atom. The molecule has 0 aliphatic rings. The third kappa shape index (κ3) is 2.65. The molecule has 1 heterocycles. The second-order valence-corrected chi connectivity index (χ2v) is 3.49.